The van der Waals surface area contributed by atoms with E-state index in [-0.39, 0.29) is 5.69 Å². The predicted octanol–water partition coefficient (Wildman–Crippen LogP) is 0.947. The second kappa shape index (κ2) is 4.45. The third kappa shape index (κ3) is 2.08. The van der Waals surface area contributed by atoms with Gasteiger partial charge in [0, 0.05) is 12.6 Å². The maximum absolute atomic E-state index is 11.8. The lowest BCUT2D eigenvalue weighted by molar-refractivity contribution is 0.407. The summed E-state index contributed by atoms with van der Waals surface area (Å²) in [5.74, 6) is 1.47. The van der Waals surface area contributed by atoms with E-state index >= 15 is 0 Å². The zero-order valence-corrected chi connectivity index (χ0v) is 10.2. The number of nitrogens with zero attached hydrogens (tertiary/aromatic N) is 3. The highest BCUT2D eigenvalue weighted by Gasteiger charge is 2.09. The zero-order chi connectivity index (χ0) is 12.4. The lowest BCUT2D eigenvalue weighted by Gasteiger charge is -2.06. The lowest BCUT2D eigenvalue weighted by atomic mass is 10.2. The van der Waals surface area contributed by atoms with Crippen LogP contribution in [-0.4, -0.2) is 21.5 Å². The number of methoxy groups -OCH3 is 1. The molecular formula is C12H15N3O2. The molecule has 0 spiro atoms. The maximum atomic E-state index is 11.8. The summed E-state index contributed by atoms with van der Waals surface area (Å²) in [7, 11) is 3.33. The molecule has 17 heavy (non-hydrogen) atoms. The molecule has 0 aliphatic rings. The van der Waals surface area contributed by atoms with Crippen molar-refractivity contribution in [2.75, 3.05) is 7.11 Å². The molecule has 0 bridgehead atoms. The first-order chi connectivity index (χ1) is 8.13. The fourth-order valence-corrected chi connectivity index (χ4v) is 1.69. The Kier molecular flexibility index (Phi) is 2.99. The van der Waals surface area contributed by atoms with Gasteiger partial charge in [0.1, 0.15) is 11.6 Å². The fourth-order valence-electron chi connectivity index (χ4n) is 1.69. The zero-order valence-electron chi connectivity index (χ0n) is 10.2. The summed E-state index contributed by atoms with van der Waals surface area (Å²) in [6.07, 6.45) is 0. The number of hydrogen-bond donors (Lipinski definition) is 0. The molecule has 5 nitrogen and oxygen atoms in total. The molecule has 0 fully saturated rings. The Morgan fingerprint density at radius 2 is 2.06 bits per heavy atom. The summed E-state index contributed by atoms with van der Waals surface area (Å²) in [5, 5.41) is 4.19. The van der Waals surface area contributed by atoms with E-state index in [1.807, 2.05) is 24.3 Å². The minimum absolute atomic E-state index is 0.117. The molecule has 0 saturated carbocycles. The van der Waals surface area contributed by atoms with E-state index in [9.17, 15) is 4.79 Å². The molecule has 2 rings (SSSR count). The average Bonchev–Trinajstić information content (AvgIpc) is 2.58. The molecule has 0 amide bonds. The molecule has 0 aliphatic heterocycles. The highest BCUT2D eigenvalue weighted by molar-refractivity contribution is 5.33. The molecule has 0 N–H and O–H groups in total. The van der Waals surface area contributed by atoms with Crippen LogP contribution >= 0.6 is 0 Å². The minimum atomic E-state index is -0.117. The first kappa shape index (κ1) is 11.4. The molecule has 0 aliphatic carbocycles. The molecule has 0 radical (unpaired) electrons. The summed E-state index contributed by atoms with van der Waals surface area (Å²) in [6, 6.07) is 7.61. The van der Waals surface area contributed by atoms with Crippen LogP contribution in [0, 0.1) is 6.92 Å². The Labute approximate surface area is 99.3 Å². The van der Waals surface area contributed by atoms with Crippen molar-refractivity contribution in [1.29, 1.82) is 0 Å². The number of hydrogen-bond acceptors (Lipinski definition) is 3. The SMILES string of the molecule is COc1ccccc1Cn1nc(C)n(C)c1=O. The van der Waals surface area contributed by atoms with E-state index in [1.54, 1.807) is 21.1 Å². The Bertz CT molecular complexity index is 584. The Morgan fingerprint density at radius 3 is 2.65 bits per heavy atom. The van der Waals surface area contributed by atoms with Gasteiger partial charge in [-0.1, -0.05) is 18.2 Å². The maximum Gasteiger partial charge on any atom is 0.345 e. The Morgan fingerprint density at radius 1 is 1.35 bits per heavy atom. The molecule has 1 heterocycles. The third-order valence-electron chi connectivity index (χ3n) is 2.77. The van der Waals surface area contributed by atoms with E-state index in [2.05, 4.69) is 5.10 Å². The van der Waals surface area contributed by atoms with Crippen molar-refractivity contribution in [3.8, 4) is 5.75 Å². The monoisotopic (exact) mass is 233 g/mol. The second-order valence-electron chi connectivity index (χ2n) is 3.86. The van der Waals surface area contributed by atoms with Gasteiger partial charge in [-0.15, -0.1) is 0 Å². The van der Waals surface area contributed by atoms with Gasteiger partial charge >= 0.3 is 5.69 Å². The molecular weight excluding hydrogens is 218 g/mol. The van der Waals surface area contributed by atoms with Gasteiger partial charge in [0.05, 0.1) is 13.7 Å². The summed E-state index contributed by atoms with van der Waals surface area (Å²) in [6.45, 7) is 2.23. The van der Waals surface area contributed by atoms with Gasteiger partial charge in [-0.3, -0.25) is 4.57 Å². The molecule has 0 unspecified atom stereocenters. The van der Waals surface area contributed by atoms with E-state index in [4.69, 9.17) is 4.74 Å². The summed E-state index contributed by atoms with van der Waals surface area (Å²) < 4.78 is 8.21. The van der Waals surface area contributed by atoms with Crippen LogP contribution in [0.3, 0.4) is 0 Å². The molecule has 1 aromatic heterocycles. The van der Waals surface area contributed by atoms with Crippen molar-refractivity contribution < 1.29 is 4.74 Å². The topological polar surface area (TPSA) is 49.0 Å². The van der Waals surface area contributed by atoms with Crippen LogP contribution in [-0.2, 0) is 13.6 Å². The highest BCUT2D eigenvalue weighted by Crippen LogP contribution is 2.17. The summed E-state index contributed by atoms with van der Waals surface area (Å²) in [4.78, 5) is 11.8. The number of ether oxygens (including phenoxy) is 1. The van der Waals surface area contributed by atoms with Crippen LogP contribution in [0.5, 0.6) is 5.75 Å². The standard InChI is InChI=1S/C12H15N3O2/c1-9-13-15(12(16)14(9)2)8-10-6-4-5-7-11(10)17-3/h4-7H,8H2,1-3H3. The normalized spacial score (nSPS) is 10.5. The van der Waals surface area contributed by atoms with Crippen molar-refractivity contribution in [1.82, 2.24) is 14.3 Å². The molecule has 90 valence electrons. The summed E-state index contributed by atoms with van der Waals surface area (Å²) >= 11 is 0. The van der Waals surface area contributed by atoms with Crippen molar-refractivity contribution in [3.63, 3.8) is 0 Å². The van der Waals surface area contributed by atoms with E-state index in [0.29, 0.717) is 12.4 Å². The van der Waals surface area contributed by atoms with Crippen LogP contribution in [0.4, 0.5) is 0 Å². The number of benzene rings is 1. The first-order valence-corrected chi connectivity index (χ1v) is 5.36. The van der Waals surface area contributed by atoms with Crippen molar-refractivity contribution in [2.24, 2.45) is 7.05 Å². The molecule has 1 aromatic carbocycles. The molecule has 5 heteroatoms. The molecule has 2 aromatic rings. The first-order valence-electron chi connectivity index (χ1n) is 5.36. The minimum Gasteiger partial charge on any atom is -0.496 e. The fraction of sp³-hybridized carbons (Fsp3) is 0.333. The van der Waals surface area contributed by atoms with Crippen LogP contribution in [0.2, 0.25) is 0 Å². The molecule has 0 saturated heterocycles. The quantitative estimate of drug-likeness (QED) is 0.793. The summed E-state index contributed by atoms with van der Waals surface area (Å²) in [5.41, 5.74) is 0.823. The number of aryl methyl sites for hydroxylation is 1. The highest BCUT2D eigenvalue weighted by atomic mass is 16.5. The van der Waals surface area contributed by atoms with Gasteiger partial charge in [-0.25, -0.2) is 9.48 Å². The predicted molar refractivity (Wildman–Crippen MR) is 64.3 cm³/mol. The van der Waals surface area contributed by atoms with E-state index in [0.717, 1.165) is 11.3 Å². The Hall–Kier alpha value is -2.04. The third-order valence-corrected chi connectivity index (χ3v) is 2.77. The second-order valence-corrected chi connectivity index (χ2v) is 3.86. The lowest BCUT2D eigenvalue weighted by Crippen LogP contribution is -2.23. The van der Waals surface area contributed by atoms with Crippen molar-refractivity contribution in [3.05, 3.63) is 46.1 Å². The van der Waals surface area contributed by atoms with Gasteiger partial charge < -0.3 is 4.74 Å². The van der Waals surface area contributed by atoms with Gasteiger partial charge in [0.15, 0.2) is 0 Å². The number of aromatic nitrogens is 3. The van der Waals surface area contributed by atoms with Gasteiger partial charge in [0.2, 0.25) is 0 Å². The smallest absolute Gasteiger partial charge is 0.345 e. The van der Waals surface area contributed by atoms with Crippen molar-refractivity contribution in [2.45, 2.75) is 13.5 Å². The Balaban J connectivity index is 2.38. The van der Waals surface area contributed by atoms with Crippen LogP contribution in [0.25, 0.3) is 0 Å². The van der Waals surface area contributed by atoms with Crippen LogP contribution < -0.4 is 10.4 Å². The number of rotatable bonds is 3. The number of para-hydroxylation sites is 1. The molecule has 0 atom stereocenters. The van der Waals surface area contributed by atoms with Crippen molar-refractivity contribution >= 4 is 0 Å². The van der Waals surface area contributed by atoms with E-state index < -0.39 is 0 Å². The van der Waals surface area contributed by atoms with E-state index in [1.165, 1.54) is 9.25 Å². The van der Waals surface area contributed by atoms with Gasteiger partial charge in [-0.05, 0) is 13.0 Å². The van der Waals surface area contributed by atoms with Crippen LogP contribution in [0.1, 0.15) is 11.4 Å². The van der Waals surface area contributed by atoms with Crippen LogP contribution in [0.15, 0.2) is 29.1 Å². The van der Waals surface area contributed by atoms with Gasteiger partial charge in [-0.2, -0.15) is 5.10 Å². The van der Waals surface area contributed by atoms with Gasteiger partial charge in [0.25, 0.3) is 0 Å². The largest absolute Gasteiger partial charge is 0.496 e. The average molecular weight is 233 g/mol.